The van der Waals surface area contributed by atoms with Crippen LogP contribution in [0.25, 0.3) is 0 Å². The first-order valence-electron chi connectivity index (χ1n) is 9.52. The molecule has 0 aliphatic carbocycles. The highest BCUT2D eigenvalue weighted by Gasteiger charge is 2.23. The van der Waals surface area contributed by atoms with E-state index in [0.717, 1.165) is 16.5 Å². The van der Waals surface area contributed by atoms with Crippen LogP contribution < -0.4 is 4.74 Å². The average Bonchev–Trinajstić information content (AvgIpc) is 2.93. The predicted octanol–water partition coefficient (Wildman–Crippen LogP) is 3.29. The van der Waals surface area contributed by atoms with E-state index in [1.807, 2.05) is 29.2 Å². The van der Waals surface area contributed by atoms with E-state index in [2.05, 4.69) is 15.9 Å². The van der Waals surface area contributed by atoms with Gasteiger partial charge in [0.2, 0.25) is 5.91 Å². The van der Waals surface area contributed by atoms with Crippen molar-refractivity contribution in [2.24, 2.45) is 0 Å². The minimum Gasteiger partial charge on any atom is -0.427 e. The summed E-state index contributed by atoms with van der Waals surface area (Å²) in [5.41, 5.74) is 1.43. The Morgan fingerprint density at radius 2 is 1.69 bits per heavy atom. The third-order valence-corrected chi connectivity index (χ3v) is 5.22. The van der Waals surface area contributed by atoms with Crippen LogP contribution >= 0.6 is 15.9 Å². The van der Waals surface area contributed by atoms with Crippen LogP contribution in [0.2, 0.25) is 0 Å². The topological polar surface area (TPSA) is 66.9 Å². The highest BCUT2D eigenvalue weighted by Crippen LogP contribution is 2.17. The number of carbonyl (C=O) groups is 3. The Balaban J connectivity index is 1.61. The zero-order valence-electron chi connectivity index (χ0n) is 16.3. The van der Waals surface area contributed by atoms with Gasteiger partial charge in [-0.05, 0) is 42.3 Å². The van der Waals surface area contributed by atoms with Crippen LogP contribution in [0.5, 0.6) is 5.75 Å². The second-order valence-electron chi connectivity index (χ2n) is 6.95. The Hall–Kier alpha value is -2.67. The fraction of sp³-hybridized carbons (Fsp3) is 0.318. The highest BCUT2D eigenvalue weighted by molar-refractivity contribution is 9.10. The Labute approximate surface area is 178 Å². The summed E-state index contributed by atoms with van der Waals surface area (Å²) in [5.74, 6) is -0.137. The van der Waals surface area contributed by atoms with E-state index in [4.69, 9.17) is 4.74 Å². The molecule has 6 nitrogen and oxygen atoms in total. The molecule has 0 spiro atoms. The molecule has 1 aliphatic heterocycles. The fourth-order valence-electron chi connectivity index (χ4n) is 3.34. The molecule has 0 unspecified atom stereocenters. The van der Waals surface area contributed by atoms with Gasteiger partial charge in [-0.1, -0.05) is 34.1 Å². The SMILES string of the molecule is CC(=O)Oc1cccc(C(=O)N2CCCN(C(=O)Cc3cccc(Br)c3)CC2)c1. The molecule has 3 rings (SSSR count). The number of hydrogen-bond donors (Lipinski definition) is 0. The van der Waals surface area contributed by atoms with E-state index in [0.29, 0.717) is 43.9 Å². The van der Waals surface area contributed by atoms with Crippen LogP contribution in [0.4, 0.5) is 0 Å². The van der Waals surface area contributed by atoms with Crippen LogP contribution in [0, 0.1) is 0 Å². The third-order valence-electron chi connectivity index (χ3n) is 4.72. The molecular formula is C22H23BrN2O4. The number of carbonyl (C=O) groups excluding carboxylic acids is 3. The van der Waals surface area contributed by atoms with Gasteiger partial charge in [-0.15, -0.1) is 0 Å². The molecule has 0 saturated carbocycles. The van der Waals surface area contributed by atoms with Crippen molar-refractivity contribution in [3.05, 3.63) is 64.1 Å². The summed E-state index contributed by atoms with van der Waals surface area (Å²) in [4.78, 5) is 40.3. The summed E-state index contributed by atoms with van der Waals surface area (Å²) in [6.07, 6.45) is 1.07. The van der Waals surface area contributed by atoms with Gasteiger partial charge in [0.1, 0.15) is 5.75 Å². The van der Waals surface area contributed by atoms with E-state index in [-0.39, 0.29) is 11.8 Å². The van der Waals surface area contributed by atoms with Crippen molar-refractivity contribution >= 4 is 33.7 Å². The fourth-order valence-corrected chi connectivity index (χ4v) is 3.79. The number of halogens is 1. The van der Waals surface area contributed by atoms with Crippen molar-refractivity contribution in [3.63, 3.8) is 0 Å². The second kappa shape index (κ2) is 9.69. The Kier molecular flexibility index (Phi) is 7.04. The maximum Gasteiger partial charge on any atom is 0.308 e. The number of nitrogens with zero attached hydrogens (tertiary/aromatic N) is 2. The summed E-state index contributed by atoms with van der Waals surface area (Å²) in [6, 6.07) is 14.3. The lowest BCUT2D eigenvalue weighted by Crippen LogP contribution is -2.38. The van der Waals surface area contributed by atoms with Gasteiger partial charge in [0.05, 0.1) is 6.42 Å². The number of rotatable bonds is 4. The van der Waals surface area contributed by atoms with Crippen molar-refractivity contribution in [3.8, 4) is 5.75 Å². The molecule has 0 bridgehead atoms. The number of benzene rings is 2. The van der Waals surface area contributed by atoms with E-state index in [1.54, 1.807) is 29.2 Å². The maximum atomic E-state index is 12.9. The third kappa shape index (κ3) is 5.90. The molecule has 2 aromatic carbocycles. The summed E-state index contributed by atoms with van der Waals surface area (Å²) in [6.45, 7) is 3.51. The number of amides is 2. The van der Waals surface area contributed by atoms with Gasteiger partial charge in [0.25, 0.3) is 5.91 Å². The van der Waals surface area contributed by atoms with Crippen LogP contribution in [-0.4, -0.2) is 53.8 Å². The van der Waals surface area contributed by atoms with Crippen molar-refractivity contribution < 1.29 is 19.1 Å². The van der Waals surface area contributed by atoms with Gasteiger partial charge < -0.3 is 14.5 Å². The zero-order chi connectivity index (χ0) is 20.8. The molecule has 0 atom stereocenters. The smallest absolute Gasteiger partial charge is 0.308 e. The lowest BCUT2D eigenvalue weighted by atomic mass is 10.1. The monoisotopic (exact) mass is 458 g/mol. The van der Waals surface area contributed by atoms with E-state index >= 15 is 0 Å². The first-order valence-corrected chi connectivity index (χ1v) is 10.3. The largest absolute Gasteiger partial charge is 0.427 e. The molecule has 2 aromatic rings. The predicted molar refractivity (Wildman–Crippen MR) is 113 cm³/mol. The number of ether oxygens (including phenoxy) is 1. The quantitative estimate of drug-likeness (QED) is 0.520. The van der Waals surface area contributed by atoms with Crippen LogP contribution in [-0.2, 0) is 16.0 Å². The van der Waals surface area contributed by atoms with Gasteiger partial charge in [-0.25, -0.2) is 0 Å². The van der Waals surface area contributed by atoms with Crippen molar-refractivity contribution in [2.75, 3.05) is 26.2 Å². The minimum absolute atomic E-state index is 0.0641. The molecule has 2 amide bonds. The Morgan fingerprint density at radius 3 is 2.45 bits per heavy atom. The lowest BCUT2D eigenvalue weighted by molar-refractivity contribution is -0.132. The lowest BCUT2D eigenvalue weighted by Gasteiger charge is -2.22. The average molecular weight is 459 g/mol. The molecule has 0 radical (unpaired) electrons. The van der Waals surface area contributed by atoms with Gasteiger partial charge >= 0.3 is 5.97 Å². The summed E-state index contributed by atoms with van der Waals surface area (Å²) < 4.78 is 6.02. The highest BCUT2D eigenvalue weighted by atomic mass is 79.9. The van der Waals surface area contributed by atoms with Crippen LogP contribution in [0.15, 0.2) is 53.0 Å². The Morgan fingerprint density at radius 1 is 0.966 bits per heavy atom. The standard InChI is InChI=1S/C22H23BrN2O4/c1-16(26)29-20-8-3-6-18(15-20)22(28)25-10-4-9-24(11-12-25)21(27)14-17-5-2-7-19(23)13-17/h2-3,5-8,13,15H,4,9-12,14H2,1H3. The van der Waals surface area contributed by atoms with E-state index in [9.17, 15) is 14.4 Å². The molecule has 1 heterocycles. The molecule has 1 fully saturated rings. The molecular weight excluding hydrogens is 436 g/mol. The van der Waals surface area contributed by atoms with Crippen molar-refractivity contribution in [2.45, 2.75) is 19.8 Å². The van der Waals surface area contributed by atoms with Gasteiger partial charge in [-0.2, -0.15) is 0 Å². The second-order valence-corrected chi connectivity index (χ2v) is 7.87. The van der Waals surface area contributed by atoms with E-state index < -0.39 is 5.97 Å². The zero-order valence-corrected chi connectivity index (χ0v) is 17.9. The van der Waals surface area contributed by atoms with Crippen LogP contribution in [0.1, 0.15) is 29.3 Å². The molecule has 1 aliphatic rings. The molecule has 1 saturated heterocycles. The van der Waals surface area contributed by atoms with Crippen molar-refractivity contribution in [1.82, 2.24) is 9.80 Å². The summed E-state index contributed by atoms with van der Waals surface area (Å²) in [5, 5.41) is 0. The number of esters is 1. The van der Waals surface area contributed by atoms with Crippen LogP contribution in [0.3, 0.4) is 0 Å². The van der Waals surface area contributed by atoms with Crippen molar-refractivity contribution in [1.29, 1.82) is 0 Å². The first kappa shape index (κ1) is 21.0. The molecule has 0 N–H and O–H groups in total. The molecule has 29 heavy (non-hydrogen) atoms. The van der Waals surface area contributed by atoms with Gasteiger partial charge in [0.15, 0.2) is 0 Å². The molecule has 152 valence electrons. The number of hydrogen-bond acceptors (Lipinski definition) is 4. The summed E-state index contributed by atoms with van der Waals surface area (Å²) in [7, 11) is 0. The molecule has 0 aromatic heterocycles. The summed E-state index contributed by atoms with van der Waals surface area (Å²) >= 11 is 3.43. The first-order chi connectivity index (χ1) is 13.9. The minimum atomic E-state index is -0.427. The van der Waals surface area contributed by atoms with Gasteiger partial charge in [0, 0.05) is 43.1 Å². The van der Waals surface area contributed by atoms with E-state index in [1.165, 1.54) is 6.92 Å². The molecule has 7 heteroatoms. The maximum absolute atomic E-state index is 12.9. The Bertz CT molecular complexity index is 915. The normalized spacial score (nSPS) is 14.3. The van der Waals surface area contributed by atoms with Gasteiger partial charge in [-0.3, -0.25) is 14.4 Å².